The van der Waals surface area contributed by atoms with Gasteiger partial charge < -0.3 is 15.9 Å². The summed E-state index contributed by atoms with van der Waals surface area (Å²) in [5.41, 5.74) is 5.65. The molecule has 142 valence electrons. The topological polar surface area (TPSA) is 103 Å². The zero-order valence-electron chi connectivity index (χ0n) is 14.6. The van der Waals surface area contributed by atoms with Gasteiger partial charge in [-0.15, -0.1) is 0 Å². The molecule has 0 bridgehead atoms. The predicted molar refractivity (Wildman–Crippen MR) is 105 cm³/mol. The lowest BCUT2D eigenvalue weighted by Crippen LogP contribution is -2.32. The molecule has 0 aliphatic heterocycles. The van der Waals surface area contributed by atoms with Gasteiger partial charge in [0, 0.05) is 11.2 Å². The number of primary amides is 1. The monoisotopic (exact) mass is 397 g/mol. The Labute approximate surface area is 165 Å². The molecule has 0 aliphatic rings. The number of carbonyl (C=O) groups is 2. The Hall–Kier alpha value is -3.58. The highest BCUT2D eigenvalue weighted by Gasteiger charge is 2.16. The van der Waals surface area contributed by atoms with Gasteiger partial charge in [-0.1, -0.05) is 35.9 Å². The third-order valence-electron chi connectivity index (χ3n) is 3.86. The molecule has 8 heteroatoms. The number of nitrogens with one attached hydrogen (secondary N) is 1. The first kappa shape index (κ1) is 19.2. The molecule has 0 saturated heterocycles. The minimum atomic E-state index is -0.689. The fourth-order valence-electron chi connectivity index (χ4n) is 2.52. The van der Waals surface area contributed by atoms with Crippen molar-refractivity contribution in [3.05, 3.63) is 98.9 Å². The Morgan fingerprint density at radius 2 is 1.79 bits per heavy atom. The molecule has 0 saturated carbocycles. The van der Waals surface area contributed by atoms with Gasteiger partial charge in [0.2, 0.25) is 0 Å². The Balaban J connectivity index is 1.80. The van der Waals surface area contributed by atoms with Gasteiger partial charge in [-0.3, -0.25) is 14.4 Å². The number of para-hydroxylation sites is 1. The lowest BCUT2D eigenvalue weighted by atomic mass is 10.1. The first-order valence-electron chi connectivity index (χ1n) is 8.25. The minimum absolute atomic E-state index is 0.0933. The molecular formula is C20H16ClN3O4. The molecule has 1 aromatic heterocycles. The van der Waals surface area contributed by atoms with E-state index in [0.29, 0.717) is 5.02 Å². The molecule has 2 aromatic carbocycles. The molecule has 3 rings (SSSR count). The molecular weight excluding hydrogens is 382 g/mol. The van der Waals surface area contributed by atoms with Crippen LogP contribution in [-0.4, -0.2) is 16.5 Å². The number of halogens is 1. The number of anilines is 1. The van der Waals surface area contributed by atoms with Crippen LogP contribution in [0.5, 0.6) is 0 Å². The maximum absolute atomic E-state index is 12.6. The van der Waals surface area contributed by atoms with Crippen LogP contribution in [0.15, 0.2) is 71.7 Å². The maximum Gasteiger partial charge on any atom is 0.295 e. The fraction of sp³-hybridized carbons (Fsp3) is 0.0500. The molecule has 0 spiro atoms. The second-order valence-corrected chi connectivity index (χ2v) is 6.26. The highest BCUT2D eigenvalue weighted by molar-refractivity contribution is 6.30. The van der Waals surface area contributed by atoms with Crippen LogP contribution in [0.3, 0.4) is 0 Å². The summed E-state index contributed by atoms with van der Waals surface area (Å²) in [5, 5.41) is 3.08. The summed E-state index contributed by atoms with van der Waals surface area (Å²) >= 11 is 5.93. The van der Waals surface area contributed by atoms with Crippen molar-refractivity contribution in [3.63, 3.8) is 0 Å². The zero-order chi connectivity index (χ0) is 20.1. The second kappa shape index (κ2) is 8.41. The number of pyridine rings is 1. The molecule has 0 radical (unpaired) electrons. The van der Waals surface area contributed by atoms with Crippen LogP contribution >= 0.6 is 11.6 Å². The molecule has 0 aliphatic carbocycles. The van der Waals surface area contributed by atoms with Crippen LogP contribution in [0.4, 0.5) is 5.69 Å². The number of hydrogen-bond acceptors (Lipinski definition) is 4. The largest absolute Gasteiger partial charge is 0.406 e. The highest BCUT2D eigenvalue weighted by Crippen LogP contribution is 2.15. The standard InChI is InChI=1S/C20H16ClN3O4/c21-14-6-3-5-13(11-14)12-28-24-10-4-8-16(20(24)27)19(26)23-17-9-2-1-7-15(17)18(22)25/h1-11H,12H2,(H2,22,25)(H,23,26). The van der Waals surface area contributed by atoms with E-state index in [0.717, 1.165) is 10.3 Å². The molecule has 1 heterocycles. The van der Waals surface area contributed by atoms with Crippen molar-refractivity contribution in [2.45, 2.75) is 6.61 Å². The summed E-state index contributed by atoms with van der Waals surface area (Å²) in [4.78, 5) is 42.1. The SMILES string of the molecule is NC(=O)c1ccccc1NC(=O)c1cccn(OCc2cccc(Cl)c2)c1=O. The molecule has 3 aromatic rings. The normalized spacial score (nSPS) is 10.3. The summed E-state index contributed by atoms with van der Waals surface area (Å²) in [7, 11) is 0. The van der Waals surface area contributed by atoms with E-state index in [1.165, 1.54) is 30.5 Å². The van der Waals surface area contributed by atoms with Gasteiger partial charge in [0.1, 0.15) is 12.2 Å². The van der Waals surface area contributed by atoms with Crippen LogP contribution in [-0.2, 0) is 6.61 Å². The summed E-state index contributed by atoms with van der Waals surface area (Å²) in [6, 6.07) is 16.1. The van der Waals surface area contributed by atoms with Gasteiger partial charge in [-0.05, 0) is 42.0 Å². The van der Waals surface area contributed by atoms with E-state index in [2.05, 4.69) is 5.32 Å². The van der Waals surface area contributed by atoms with Crippen LogP contribution < -0.4 is 21.4 Å². The number of rotatable bonds is 6. The Kier molecular flexibility index (Phi) is 5.76. The molecule has 2 amide bonds. The Morgan fingerprint density at radius 3 is 2.54 bits per heavy atom. The van der Waals surface area contributed by atoms with Gasteiger partial charge >= 0.3 is 0 Å². The number of hydrogen-bond donors (Lipinski definition) is 2. The number of amides is 2. The van der Waals surface area contributed by atoms with Gasteiger partial charge in [0.25, 0.3) is 17.4 Å². The highest BCUT2D eigenvalue weighted by atomic mass is 35.5. The van der Waals surface area contributed by atoms with Crippen LogP contribution in [0, 0.1) is 0 Å². The number of carbonyl (C=O) groups excluding carboxylic acids is 2. The Bertz CT molecular complexity index is 1090. The summed E-state index contributed by atoms with van der Waals surface area (Å²) in [6.45, 7) is 0.0933. The Morgan fingerprint density at radius 1 is 1.04 bits per heavy atom. The van der Waals surface area contributed by atoms with E-state index < -0.39 is 17.4 Å². The maximum atomic E-state index is 12.6. The average Bonchev–Trinajstić information content (AvgIpc) is 2.67. The fourth-order valence-corrected chi connectivity index (χ4v) is 2.73. The number of aromatic nitrogens is 1. The minimum Gasteiger partial charge on any atom is -0.406 e. The zero-order valence-corrected chi connectivity index (χ0v) is 15.3. The van der Waals surface area contributed by atoms with E-state index in [1.54, 1.807) is 36.4 Å². The van der Waals surface area contributed by atoms with Crippen molar-refractivity contribution in [2.75, 3.05) is 5.32 Å². The lowest BCUT2D eigenvalue weighted by Gasteiger charge is -2.11. The van der Waals surface area contributed by atoms with Gasteiger partial charge in [-0.2, -0.15) is 4.73 Å². The summed E-state index contributed by atoms with van der Waals surface area (Å²) in [6.07, 6.45) is 1.40. The van der Waals surface area contributed by atoms with E-state index in [-0.39, 0.29) is 23.4 Å². The molecule has 3 N–H and O–H groups in total. The second-order valence-electron chi connectivity index (χ2n) is 5.82. The van der Waals surface area contributed by atoms with Crippen molar-refractivity contribution < 1.29 is 14.4 Å². The van der Waals surface area contributed by atoms with Gasteiger partial charge in [0.15, 0.2) is 0 Å². The average molecular weight is 398 g/mol. The van der Waals surface area contributed by atoms with E-state index in [9.17, 15) is 14.4 Å². The van der Waals surface area contributed by atoms with Crippen LogP contribution in [0.1, 0.15) is 26.3 Å². The van der Waals surface area contributed by atoms with Crippen molar-refractivity contribution in [3.8, 4) is 0 Å². The third-order valence-corrected chi connectivity index (χ3v) is 4.09. The third kappa shape index (κ3) is 4.39. The lowest BCUT2D eigenvalue weighted by molar-refractivity contribution is 0.0863. The molecule has 0 atom stereocenters. The molecule has 0 unspecified atom stereocenters. The van der Waals surface area contributed by atoms with Crippen LogP contribution in [0.25, 0.3) is 0 Å². The van der Waals surface area contributed by atoms with E-state index >= 15 is 0 Å². The van der Waals surface area contributed by atoms with Gasteiger partial charge in [0.05, 0.1) is 11.3 Å². The van der Waals surface area contributed by atoms with E-state index in [4.69, 9.17) is 22.2 Å². The first-order valence-corrected chi connectivity index (χ1v) is 8.63. The van der Waals surface area contributed by atoms with Crippen molar-refractivity contribution in [1.82, 2.24) is 4.73 Å². The smallest absolute Gasteiger partial charge is 0.295 e. The molecule has 7 nitrogen and oxygen atoms in total. The first-order chi connectivity index (χ1) is 13.5. The predicted octanol–water partition coefficient (Wildman–Crippen LogP) is 2.48. The number of nitrogens with two attached hydrogens (primary N) is 1. The van der Waals surface area contributed by atoms with E-state index in [1.807, 2.05) is 0 Å². The quantitative estimate of drug-likeness (QED) is 0.666. The van der Waals surface area contributed by atoms with Crippen molar-refractivity contribution in [1.29, 1.82) is 0 Å². The number of nitrogens with zero attached hydrogens (tertiary/aromatic N) is 1. The van der Waals surface area contributed by atoms with Gasteiger partial charge in [-0.25, -0.2) is 0 Å². The molecule has 0 fully saturated rings. The summed E-state index contributed by atoms with van der Waals surface area (Å²) in [5.74, 6) is -1.37. The number of benzene rings is 2. The van der Waals surface area contributed by atoms with Crippen LogP contribution in [0.2, 0.25) is 5.02 Å². The molecule has 28 heavy (non-hydrogen) atoms. The van der Waals surface area contributed by atoms with Crippen molar-refractivity contribution in [2.24, 2.45) is 5.73 Å². The van der Waals surface area contributed by atoms with Crippen molar-refractivity contribution >= 4 is 29.1 Å². The summed E-state index contributed by atoms with van der Waals surface area (Å²) < 4.78 is 0.968.